The second-order valence-electron chi connectivity index (χ2n) is 6.75. The van der Waals surface area contributed by atoms with E-state index < -0.39 is 6.09 Å². The number of amides is 1. The highest BCUT2D eigenvalue weighted by Gasteiger charge is 2.28. The van der Waals surface area contributed by atoms with Gasteiger partial charge in [-0.15, -0.1) is 0 Å². The standard InChI is InChI=1S/C24H19BrClNO2/c25-23-16(7-5-13-22(23)26)8-6-14-27-24(28)29-15-21-19-11-3-1-9-17(19)18-10-2-4-12-20(18)21/h1-13,21H,14-15H2,(H,27,28). The van der Waals surface area contributed by atoms with Crippen molar-refractivity contribution in [1.82, 2.24) is 5.32 Å². The molecule has 0 heterocycles. The molecule has 3 nitrogen and oxygen atoms in total. The van der Waals surface area contributed by atoms with Crippen molar-refractivity contribution in [3.05, 3.63) is 99.0 Å². The minimum atomic E-state index is -0.429. The van der Waals surface area contributed by atoms with Gasteiger partial charge in [-0.3, -0.25) is 0 Å². The highest BCUT2D eigenvalue weighted by atomic mass is 79.9. The average Bonchev–Trinajstić information content (AvgIpc) is 3.06. The van der Waals surface area contributed by atoms with E-state index in [4.69, 9.17) is 16.3 Å². The van der Waals surface area contributed by atoms with Crippen LogP contribution in [0.15, 0.2) is 77.3 Å². The second-order valence-corrected chi connectivity index (χ2v) is 7.95. The molecular formula is C24H19BrClNO2. The van der Waals surface area contributed by atoms with Crippen LogP contribution in [0.3, 0.4) is 0 Å². The first-order valence-corrected chi connectivity index (χ1v) is 10.5. The lowest BCUT2D eigenvalue weighted by atomic mass is 9.98. The molecule has 0 bridgehead atoms. The summed E-state index contributed by atoms with van der Waals surface area (Å²) >= 11 is 9.54. The monoisotopic (exact) mass is 467 g/mol. The zero-order valence-electron chi connectivity index (χ0n) is 15.6. The number of rotatable bonds is 5. The smallest absolute Gasteiger partial charge is 0.407 e. The quantitative estimate of drug-likeness (QED) is 0.455. The first kappa shape index (κ1) is 19.7. The number of hydrogen-bond acceptors (Lipinski definition) is 2. The minimum Gasteiger partial charge on any atom is -0.449 e. The number of hydrogen-bond donors (Lipinski definition) is 1. The van der Waals surface area contributed by atoms with Gasteiger partial charge < -0.3 is 10.1 Å². The van der Waals surface area contributed by atoms with Crippen LogP contribution < -0.4 is 5.32 Å². The van der Waals surface area contributed by atoms with Crippen LogP contribution in [-0.4, -0.2) is 19.2 Å². The van der Waals surface area contributed by atoms with Gasteiger partial charge in [0, 0.05) is 16.9 Å². The molecular weight excluding hydrogens is 450 g/mol. The van der Waals surface area contributed by atoms with Crippen LogP contribution >= 0.6 is 27.5 Å². The third kappa shape index (κ3) is 4.24. The maximum atomic E-state index is 12.2. The summed E-state index contributed by atoms with van der Waals surface area (Å²) in [6, 6.07) is 22.2. The van der Waals surface area contributed by atoms with Crippen LogP contribution in [-0.2, 0) is 4.74 Å². The molecule has 1 amide bonds. The molecule has 1 N–H and O–H groups in total. The van der Waals surface area contributed by atoms with Gasteiger partial charge in [-0.25, -0.2) is 4.79 Å². The van der Waals surface area contributed by atoms with E-state index >= 15 is 0 Å². The van der Waals surface area contributed by atoms with Crippen molar-refractivity contribution < 1.29 is 9.53 Å². The minimum absolute atomic E-state index is 0.0612. The van der Waals surface area contributed by atoms with E-state index in [0.717, 1.165) is 10.0 Å². The van der Waals surface area contributed by atoms with Crippen molar-refractivity contribution >= 4 is 39.7 Å². The van der Waals surface area contributed by atoms with Crippen LogP contribution in [0, 0.1) is 0 Å². The molecule has 0 fully saturated rings. The maximum absolute atomic E-state index is 12.2. The summed E-state index contributed by atoms with van der Waals surface area (Å²) in [7, 11) is 0. The molecule has 0 atom stereocenters. The van der Waals surface area contributed by atoms with E-state index in [2.05, 4.69) is 45.5 Å². The molecule has 0 aromatic heterocycles. The number of halogens is 2. The van der Waals surface area contributed by atoms with Crippen LogP contribution in [0.25, 0.3) is 17.2 Å². The fourth-order valence-corrected chi connectivity index (χ4v) is 4.21. The molecule has 5 heteroatoms. The van der Waals surface area contributed by atoms with Crippen molar-refractivity contribution in [3.63, 3.8) is 0 Å². The lowest BCUT2D eigenvalue weighted by Gasteiger charge is -2.14. The number of ether oxygens (including phenoxy) is 1. The van der Waals surface area contributed by atoms with Gasteiger partial charge in [0.2, 0.25) is 0 Å². The van der Waals surface area contributed by atoms with E-state index in [-0.39, 0.29) is 5.92 Å². The van der Waals surface area contributed by atoms with E-state index in [9.17, 15) is 4.79 Å². The summed E-state index contributed by atoms with van der Waals surface area (Å²) < 4.78 is 6.35. The number of nitrogens with one attached hydrogen (secondary N) is 1. The zero-order chi connectivity index (χ0) is 20.2. The van der Waals surface area contributed by atoms with E-state index in [1.165, 1.54) is 22.3 Å². The van der Waals surface area contributed by atoms with Crippen molar-refractivity contribution in [2.45, 2.75) is 5.92 Å². The molecule has 0 saturated heterocycles. The van der Waals surface area contributed by atoms with Gasteiger partial charge in [0.05, 0.1) is 5.02 Å². The molecule has 0 radical (unpaired) electrons. The maximum Gasteiger partial charge on any atom is 0.407 e. The van der Waals surface area contributed by atoms with Gasteiger partial charge in [0.15, 0.2) is 0 Å². The second kappa shape index (κ2) is 8.85. The lowest BCUT2D eigenvalue weighted by molar-refractivity contribution is 0.144. The highest BCUT2D eigenvalue weighted by molar-refractivity contribution is 9.10. The molecule has 146 valence electrons. The predicted octanol–water partition coefficient (Wildman–Crippen LogP) is 6.65. The SMILES string of the molecule is O=C(NCC=Cc1cccc(Cl)c1Br)OCC1c2ccccc2-c2ccccc21. The Balaban J connectivity index is 1.34. The number of alkyl carbamates (subject to hydrolysis) is 1. The summed E-state index contributed by atoms with van der Waals surface area (Å²) in [5.74, 6) is 0.0612. The molecule has 0 spiro atoms. The summed E-state index contributed by atoms with van der Waals surface area (Å²) in [4.78, 5) is 12.2. The molecule has 0 aliphatic heterocycles. The third-order valence-electron chi connectivity index (χ3n) is 4.99. The number of carbonyl (C=O) groups is 1. The van der Waals surface area contributed by atoms with Crippen LogP contribution in [0.2, 0.25) is 5.02 Å². The Labute approximate surface area is 183 Å². The number of fused-ring (bicyclic) bond motifs is 3. The summed E-state index contributed by atoms with van der Waals surface area (Å²) in [5, 5.41) is 3.41. The first-order chi connectivity index (χ1) is 14.1. The Hall–Kier alpha value is -2.56. The number of carbonyl (C=O) groups excluding carboxylic acids is 1. The lowest BCUT2D eigenvalue weighted by Crippen LogP contribution is -2.26. The predicted molar refractivity (Wildman–Crippen MR) is 121 cm³/mol. The van der Waals surface area contributed by atoms with Crippen molar-refractivity contribution in [3.8, 4) is 11.1 Å². The highest BCUT2D eigenvalue weighted by Crippen LogP contribution is 2.44. The topological polar surface area (TPSA) is 38.3 Å². The molecule has 1 aliphatic carbocycles. The van der Waals surface area contributed by atoms with Crippen molar-refractivity contribution in [2.75, 3.05) is 13.2 Å². The molecule has 1 aliphatic rings. The molecule has 0 unspecified atom stereocenters. The van der Waals surface area contributed by atoms with Crippen LogP contribution in [0.4, 0.5) is 4.79 Å². The van der Waals surface area contributed by atoms with Crippen LogP contribution in [0.5, 0.6) is 0 Å². The summed E-state index contributed by atoms with van der Waals surface area (Å²) in [6.45, 7) is 0.680. The molecule has 3 aromatic rings. The van der Waals surface area contributed by atoms with Gasteiger partial charge in [0.25, 0.3) is 0 Å². The zero-order valence-corrected chi connectivity index (χ0v) is 17.9. The Morgan fingerprint density at radius 2 is 1.66 bits per heavy atom. The van der Waals surface area contributed by atoms with E-state index in [1.807, 2.05) is 54.6 Å². The Morgan fingerprint density at radius 1 is 1.00 bits per heavy atom. The Bertz CT molecular complexity index is 1030. The van der Waals surface area contributed by atoms with Crippen molar-refractivity contribution in [2.24, 2.45) is 0 Å². The normalized spacial score (nSPS) is 12.6. The fraction of sp³-hybridized carbons (Fsp3) is 0.125. The summed E-state index contributed by atoms with van der Waals surface area (Å²) in [5.41, 5.74) is 5.78. The average molecular weight is 469 g/mol. The largest absolute Gasteiger partial charge is 0.449 e. The fourth-order valence-electron chi connectivity index (χ4n) is 3.63. The molecule has 3 aromatic carbocycles. The van der Waals surface area contributed by atoms with E-state index in [1.54, 1.807) is 0 Å². The third-order valence-corrected chi connectivity index (χ3v) is 6.42. The van der Waals surface area contributed by atoms with Gasteiger partial charge in [-0.05, 0) is 49.8 Å². The molecule has 4 rings (SSSR count). The van der Waals surface area contributed by atoms with Gasteiger partial charge in [-0.2, -0.15) is 0 Å². The molecule has 0 saturated carbocycles. The molecule has 29 heavy (non-hydrogen) atoms. The first-order valence-electron chi connectivity index (χ1n) is 9.34. The Kier molecular flexibility index (Phi) is 6.02. The Morgan fingerprint density at radius 3 is 2.34 bits per heavy atom. The van der Waals surface area contributed by atoms with Crippen LogP contribution in [0.1, 0.15) is 22.6 Å². The van der Waals surface area contributed by atoms with Gasteiger partial charge >= 0.3 is 6.09 Å². The van der Waals surface area contributed by atoms with E-state index in [0.29, 0.717) is 18.2 Å². The van der Waals surface area contributed by atoms with Crippen molar-refractivity contribution in [1.29, 1.82) is 0 Å². The number of benzene rings is 3. The summed E-state index contributed by atoms with van der Waals surface area (Å²) in [6.07, 6.45) is 3.33. The van der Waals surface area contributed by atoms with Gasteiger partial charge in [0.1, 0.15) is 6.61 Å². The van der Waals surface area contributed by atoms with Gasteiger partial charge in [-0.1, -0.05) is 84.4 Å².